The first-order valence-corrected chi connectivity index (χ1v) is 8.52. The van der Waals surface area contributed by atoms with Crippen LogP contribution in [0.3, 0.4) is 0 Å². The van der Waals surface area contributed by atoms with E-state index in [9.17, 15) is 4.79 Å². The predicted molar refractivity (Wildman–Crippen MR) is 91.7 cm³/mol. The van der Waals surface area contributed by atoms with Gasteiger partial charge < -0.3 is 14.3 Å². The maximum Gasteiger partial charge on any atom is 0.419 e. The number of hydrogen-bond acceptors (Lipinski definition) is 7. The van der Waals surface area contributed by atoms with Crippen molar-refractivity contribution in [3.63, 3.8) is 0 Å². The first-order valence-electron chi connectivity index (χ1n) is 8.14. The number of nitrogens with zero attached hydrogens (tertiary/aromatic N) is 4. The van der Waals surface area contributed by atoms with Crippen LogP contribution in [0.4, 0.5) is 0 Å². The van der Waals surface area contributed by atoms with Gasteiger partial charge >= 0.3 is 5.76 Å². The fourth-order valence-electron chi connectivity index (χ4n) is 3.06. The Morgan fingerprint density at radius 2 is 2.32 bits per heavy atom. The summed E-state index contributed by atoms with van der Waals surface area (Å²) < 4.78 is 12.1. The van der Waals surface area contributed by atoms with Gasteiger partial charge in [0.2, 0.25) is 5.89 Å². The number of likely N-dealkylation sites (N-methyl/N-ethyl adjacent to an activating group) is 1. The predicted octanol–water partition coefficient (Wildman–Crippen LogP) is 1.45. The zero-order chi connectivity index (χ0) is 17.4. The van der Waals surface area contributed by atoms with E-state index >= 15 is 0 Å². The summed E-state index contributed by atoms with van der Waals surface area (Å²) in [7, 11) is 2.05. The number of aryl methyl sites for hydroxylation is 2. The minimum absolute atomic E-state index is 0.103. The van der Waals surface area contributed by atoms with Crippen molar-refractivity contribution in [3.05, 3.63) is 45.5 Å². The molecule has 1 fully saturated rings. The zero-order valence-corrected chi connectivity index (χ0v) is 14.5. The Morgan fingerprint density at radius 3 is 3.16 bits per heavy atom. The molecule has 25 heavy (non-hydrogen) atoms. The third-order valence-corrected chi connectivity index (χ3v) is 4.71. The highest BCUT2D eigenvalue weighted by Crippen LogP contribution is 2.20. The number of piperazine rings is 1. The van der Waals surface area contributed by atoms with Crippen LogP contribution in [0.25, 0.3) is 11.1 Å². The molecule has 132 valence electrons. The molecule has 0 aliphatic carbocycles. The molecular formula is C16H18ClN5O3. The molecule has 0 spiro atoms. The molecular weight excluding hydrogens is 346 g/mol. The first-order chi connectivity index (χ1) is 12.1. The molecule has 0 saturated carbocycles. The van der Waals surface area contributed by atoms with Crippen molar-refractivity contribution in [2.75, 3.05) is 26.7 Å². The zero-order valence-electron chi connectivity index (χ0n) is 13.7. The van der Waals surface area contributed by atoms with E-state index in [-0.39, 0.29) is 6.04 Å². The Kier molecular flexibility index (Phi) is 4.32. The monoisotopic (exact) mass is 363 g/mol. The van der Waals surface area contributed by atoms with Gasteiger partial charge in [-0.15, -0.1) is 0 Å². The van der Waals surface area contributed by atoms with Crippen molar-refractivity contribution in [2.45, 2.75) is 19.0 Å². The fourth-order valence-corrected chi connectivity index (χ4v) is 3.22. The molecule has 1 atom stereocenters. The number of hydrogen-bond donors (Lipinski definition) is 1. The topological polar surface area (TPSA) is 89.3 Å². The normalized spacial score (nSPS) is 18.9. The number of nitrogens with one attached hydrogen (secondary N) is 1. The van der Waals surface area contributed by atoms with Gasteiger partial charge in [0.1, 0.15) is 0 Å². The number of oxazole rings is 1. The average Bonchev–Trinajstić information content (AvgIpc) is 3.17. The number of benzene rings is 1. The van der Waals surface area contributed by atoms with Crippen LogP contribution < -0.4 is 11.1 Å². The lowest BCUT2D eigenvalue weighted by molar-refractivity contribution is 0.190. The van der Waals surface area contributed by atoms with Crippen LogP contribution in [0.2, 0.25) is 5.02 Å². The average molecular weight is 364 g/mol. The Labute approximate surface area is 148 Å². The number of aromatic nitrogens is 3. The second-order valence-electron chi connectivity index (χ2n) is 6.13. The molecule has 8 nitrogen and oxygen atoms in total. The molecule has 4 rings (SSSR count). The van der Waals surface area contributed by atoms with Gasteiger partial charge in [-0.25, -0.2) is 4.79 Å². The molecule has 9 heteroatoms. The third kappa shape index (κ3) is 3.20. The summed E-state index contributed by atoms with van der Waals surface area (Å²) in [5.74, 6) is 0.748. The van der Waals surface area contributed by atoms with E-state index in [0.717, 1.165) is 19.6 Å². The highest BCUT2D eigenvalue weighted by atomic mass is 35.5. The van der Waals surface area contributed by atoms with E-state index in [4.69, 9.17) is 20.5 Å². The van der Waals surface area contributed by atoms with E-state index < -0.39 is 5.76 Å². The van der Waals surface area contributed by atoms with E-state index in [1.807, 2.05) is 7.05 Å². The summed E-state index contributed by atoms with van der Waals surface area (Å²) in [6.45, 7) is 3.08. The van der Waals surface area contributed by atoms with E-state index in [2.05, 4.69) is 20.4 Å². The minimum Gasteiger partial charge on any atom is -0.408 e. The van der Waals surface area contributed by atoms with E-state index in [1.54, 1.807) is 22.8 Å². The van der Waals surface area contributed by atoms with Gasteiger partial charge in [-0.3, -0.25) is 9.47 Å². The molecule has 0 amide bonds. The van der Waals surface area contributed by atoms with Gasteiger partial charge in [-0.2, -0.15) is 4.98 Å². The van der Waals surface area contributed by atoms with Crippen LogP contribution >= 0.6 is 11.6 Å². The Balaban J connectivity index is 1.51. The maximum absolute atomic E-state index is 12.0. The Hall–Kier alpha value is -2.16. The van der Waals surface area contributed by atoms with E-state index in [0.29, 0.717) is 40.8 Å². The number of halogens is 1. The summed E-state index contributed by atoms with van der Waals surface area (Å²) in [5, 5.41) is 7.95. The lowest BCUT2D eigenvalue weighted by Crippen LogP contribution is -2.44. The third-order valence-electron chi connectivity index (χ3n) is 4.47. The first kappa shape index (κ1) is 16.3. The van der Waals surface area contributed by atoms with Crippen molar-refractivity contribution in [1.82, 2.24) is 24.9 Å². The molecule has 1 aliphatic rings. The van der Waals surface area contributed by atoms with Gasteiger partial charge in [0, 0.05) is 43.7 Å². The molecule has 0 radical (unpaired) electrons. The van der Waals surface area contributed by atoms with E-state index in [1.165, 1.54) is 0 Å². The van der Waals surface area contributed by atoms with Crippen LogP contribution in [-0.2, 0) is 13.0 Å². The van der Waals surface area contributed by atoms with Gasteiger partial charge in [0.25, 0.3) is 0 Å². The lowest BCUT2D eigenvalue weighted by atomic mass is 10.2. The number of fused-ring (bicyclic) bond motifs is 1. The molecule has 1 saturated heterocycles. The molecule has 1 N–H and O–H groups in total. The van der Waals surface area contributed by atoms with Crippen LogP contribution in [0.15, 0.2) is 31.9 Å². The van der Waals surface area contributed by atoms with Crippen molar-refractivity contribution in [2.24, 2.45) is 0 Å². The van der Waals surface area contributed by atoms with Crippen LogP contribution in [0, 0.1) is 0 Å². The molecule has 2 aromatic heterocycles. The van der Waals surface area contributed by atoms with Gasteiger partial charge in [-0.05, 0) is 19.2 Å². The maximum atomic E-state index is 12.0. The smallest absolute Gasteiger partial charge is 0.408 e. The minimum atomic E-state index is -0.423. The van der Waals surface area contributed by atoms with Crippen LogP contribution in [0.1, 0.15) is 17.8 Å². The molecule has 1 aliphatic heterocycles. The summed E-state index contributed by atoms with van der Waals surface area (Å²) in [4.78, 5) is 18.7. The molecule has 0 bridgehead atoms. The Bertz CT molecular complexity index is 947. The van der Waals surface area contributed by atoms with Gasteiger partial charge in [0.15, 0.2) is 11.4 Å². The summed E-state index contributed by atoms with van der Waals surface area (Å²) >= 11 is 5.93. The fraction of sp³-hybridized carbons (Fsp3) is 0.438. The quantitative estimate of drug-likeness (QED) is 0.750. The second kappa shape index (κ2) is 6.62. The van der Waals surface area contributed by atoms with Gasteiger partial charge in [-0.1, -0.05) is 16.8 Å². The summed E-state index contributed by atoms with van der Waals surface area (Å²) in [6.07, 6.45) is 0.452. The van der Waals surface area contributed by atoms with Crippen molar-refractivity contribution >= 4 is 22.7 Å². The summed E-state index contributed by atoms with van der Waals surface area (Å²) in [6, 6.07) is 5.23. The highest BCUT2D eigenvalue weighted by Gasteiger charge is 2.25. The second-order valence-corrected chi connectivity index (χ2v) is 6.56. The Morgan fingerprint density at radius 1 is 1.44 bits per heavy atom. The van der Waals surface area contributed by atoms with Crippen LogP contribution in [-0.4, -0.2) is 46.3 Å². The standard InChI is InChI=1S/C16H18ClN5O3/c1-21-7-5-18-9-12(21)15-19-14(25-20-15)4-6-22-11-3-2-10(17)8-13(11)24-16(22)23/h2-3,8,12,18H,4-7,9H2,1H3. The molecule has 3 aromatic rings. The molecule has 1 aromatic carbocycles. The van der Waals surface area contributed by atoms with Crippen molar-refractivity contribution in [1.29, 1.82) is 0 Å². The summed E-state index contributed by atoms with van der Waals surface area (Å²) in [5.41, 5.74) is 1.17. The highest BCUT2D eigenvalue weighted by molar-refractivity contribution is 6.31. The molecule has 1 unspecified atom stereocenters. The van der Waals surface area contributed by atoms with Gasteiger partial charge in [0.05, 0.1) is 11.6 Å². The largest absolute Gasteiger partial charge is 0.419 e. The number of rotatable bonds is 4. The van der Waals surface area contributed by atoms with Crippen LogP contribution in [0.5, 0.6) is 0 Å². The molecule has 3 heterocycles. The lowest BCUT2D eigenvalue weighted by Gasteiger charge is -2.30. The van der Waals surface area contributed by atoms with Crippen molar-refractivity contribution < 1.29 is 8.94 Å². The van der Waals surface area contributed by atoms with Crippen molar-refractivity contribution in [3.8, 4) is 0 Å². The SMILES string of the molecule is CN1CCNCC1c1noc(CCn2c(=O)oc3cc(Cl)ccc32)n1.